The molecular formula is C20H22ClN3O3. The molecule has 0 radical (unpaired) electrons. The zero-order valence-corrected chi connectivity index (χ0v) is 15.8. The minimum absolute atomic E-state index is 0.00834. The van der Waals surface area contributed by atoms with Gasteiger partial charge in [-0.1, -0.05) is 11.6 Å². The maximum atomic E-state index is 12.7. The summed E-state index contributed by atoms with van der Waals surface area (Å²) in [5.74, 6) is 0.545. The monoisotopic (exact) mass is 387 g/mol. The van der Waals surface area contributed by atoms with Crippen LogP contribution in [0.15, 0.2) is 42.6 Å². The second-order valence-electron chi connectivity index (χ2n) is 6.74. The second-order valence-corrected chi connectivity index (χ2v) is 7.18. The lowest BCUT2D eigenvalue weighted by molar-refractivity contribution is 0.0746. The Hall–Kier alpha value is -2.31. The average molecular weight is 388 g/mol. The van der Waals surface area contributed by atoms with E-state index in [1.54, 1.807) is 18.3 Å². The molecule has 2 aliphatic rings. The summed E-state index contributed by atoms with van der Waals surface area (Å²) in [5.41, 5.74) is 1.72. The molecular weight excluding hydrogens is 366 g/mol. The van der Waals surface area contributed by atoms with E-state index in [4.69, 9.17) is 21.1 Å². The normalized spacial score (nSPS) is 20.0. The first-order valence-corrected chi connectivity index (χ1v) is 9.57. The minimum atomic E-state index is 0.00834. The molecule has 1 amide bonds. The lowest BCUT2D eigenvalue weighted by Gasteiger charge is -2.36. The fourth-order valence-electron chi connectivity index (χ4n) is 3.36. The Labute approximate surface area is 163 Å². The zero-order valence-electron chi connectivity index (χ0n) is 15.0. The van der Waals surface area contributed by atoms with Crippen molar-refractivity contribution in [3.8, 4) is 5.88 Å². The number of carbonyl (C=O) groups excluding carboxylic acids is 1. The summed E-state index contributed by atoms with van der Waals surface area (Å²) in [6.45, 7) is 4.27. The third-order valence-electron chi connectivity index (χ3n) is 4.92. The fourth-order valence-corrected chi connectivity index (χ4v) is 3.48. The third-order valence-corrected chi connectivity index (χ3v) is 5.17. The summed E-state index contributed by atoms with van der Waals surface area (Å²) in [7, 11) is 0. The van der Waals surface area contributed by atoms with Crippen molar-refractivity contribution in [2.45, 2.75) is 12.5 Å². The molecule has 3 heterocycles. The van der Waals surface area contributed by atoms with E-state index in [-0.39, 0.29) is 12.0 Å². The minimum Gasteiger partial charge on any atom is -0.472 e. The van der Waals surface area contributed by atoms with Crippen molar-refractivity contribution >= 4 is 23.2 Å². The van der Waals surface area contributed by atoms with Gasteiger partial charge in [0.25, 0.3) is 5.91 Å². The van der Waals surface area contributed by atoms with E-state index in [2.05, 4.69) is 9.88 Å². The molecule has 0 spiro atoms. The maximum absolute atomic E-state index is 12.7. The summed E-state index contributed by atoms with van der Waals surface area (Å²) in [6.07, 6.45) is 2.53. The average Bonchev–Trinajstić information content (AvgIpc) is 3.22. The van der Waals surface area contributed by atoms with Crippen molar-refractivity contribution in [3.05, 3.63) is 53.2 Å². The number of rotatable bonds is 4. The van der Waals surface area contributed by atoms with Crippen LogP contribution < -0.4 is 9.64 Å². The van der Waals surface area contributed by atoms with Gasteiger partial charge in [0.15, 0.2) is 0 Å². The topological polar surface area (TPSA) is 54.9 Å². The molecule has 1 atom stereocenters. The van der Waals surface area contributed by atoms with E-state index in [1.807, 2.05) is 29.2 Å². The largest absolute Gasteiger partial charge is 0.472 e. The smallest absolute Gasteiger partial charge is 0.255 e. The molecule has 1 aromatic heterocycles. The quantitative estimate of drug-likeness (QED) is 0.807. The molecule has 2 aromatic rings. The number of hydrogen-bond donors (Lipinski definition) is 0. The number of pyridine rings is 1. The number of hydrogen-bond acceptors (Lipinski definition) is 5. The van der Waals surface area contributed by atoms with Crippen molar-refractivity contribution in [1.29, 1.82) is 0 Å². The molecule has 6 nitrogen and oxygen atoms in total. The Kier molecular flexibility index (Phi) is 5.45. The predicted octanol–water partition coefficient (Wildman–Crippen LogP) is 2.87. The van der Waals surface area contributed by atoms with Crippen LogP contribution in [-0.4, -0.2) is 61.3 Å². The third kappa shape index (κ3) is 4.34. The fraction of sp³-hybridized carbons (Fsp3) is 0.400. The van der Waals surface area contributed by atoms with Gasteiger partial charge in [0.2, 0.25) is 5.88 Å². The highest BCUT2D eigenvalue weighted by molar-refractivity contribution is 6.30. The van der Waals surface area contributed by atoms with Crippen LogP contribution in [-0.2, 0) is 4.74 Å². The summed E-state index contributed by atoms with van der Waals surface area (Å²) in [5, 5.41) is 0.730. The van der Waals surface area contributed by atoms with E-state index in [1.165, 1.54) is 0 Å². The van der Waals surface area contributed by atoms with Crippen molar-refractivity contribution in [2.75, 3.05) is 44.3 Å². The molecule has 27 heavy (non-hydrogen) atoms. The lowest BCUT2D eigenvalue weighted by atomic mass is 10.2. The van der Waals surface area contributed by atoms with Gasteiger partial charge >= 0.3 is 0 Å². The second kappa shape index (κ2) is 8.15. The summed E-state index contributed by atoms with van der Waals surface area (Å²) in [4.78, 5) is 21.1. The Morgan fingerprint density at radius 3 is 2.52 bits per heavy atom. The first-order valence-electron chi connectivity index (χ1n) is 9.19. The molecule has 2 fully saturated rings. The Morgan fingerprint density at radius 1 is 1.11 bits per heavy atom. The molecule has 1 unspecified atom stereocenters. The van der Waals surface area contributed by atoms with Crippen molar-refractivity contribution in [3.63, 3.8) is 0 Å². The van der Waals surface area contributed by atoms with Gasteiger partial charge in [-0.05, 0) is 30.3 Å². The molecule has 7 heteroatoms. The lowest BCUT2D eigenvalue weighted by Crippen LogP contribution is -2.48. The number of carbonyl (C=O) groups is 1. The number of amides is 1. The van der Waals surface area contributed by atoms with Gasteiger partial charge in [-0.15, -0.1) is 0 Å². The number of nitrogens with zero attached hydrogens (tertiary/aromatic N) is 3. The van der Waals surface area contributed by atoms with Crippen LogP contribution in [0, 0.1) is 0 Å². The van der Waals surface area contributed by atoms with Crippen molar-refractivity contribution in [2.24, 2.45) is 0 Å². The first-order chi connectivity index (χ1) is 13.2. The Bertz CT molecular complexity index is 768. The van der Waals surface area contributed by atoms with Crippen LogP contribution in [0.1, 0.15) is 16.8 Å². The maximum Gasteiger partial charge on any atom is 0.255 e. The summed E-state index contributed by atoms with van der Waals surface area (Å²) < 4.78 is 11.0. The molecule has 4 rings (SSSR count). The molecule has 0 saturated carbocycles. The van der Waals surface area contributed by atoms with E-state index in [0.717, 1.165) is 36.8 Å². The predicted molar refractivity (Wildman–Crippen MR) is 104 cm³/mol. The van der Waals surface area contributed by atoms with Gasteiger partial charge in [-0.3, -0.25) is 4.79 Å². The molecule has 142 valence electrons. The Morgan fingerprint density at radius 2 is 1.89 bits per heavy atom. The van der Waals surface area contributed by atoms with Gasteiger partial charge in [0.05, 0.1) is 18.8 Å². The zero-order chi connectivity index (χ0) is 18.6. The van der Waals surface area contributed by atoms with Crippen molar-refractivity contribution < 1.29 is 14.3 Å². The van der Waals surface area contributed by atoms with Crippen LogP contribution in [0.5, 0.6) is 5.88 Å². The SMILES string of the molecule is O=C(c1ccc(OC2CCOC2)nc1)N1CCN(c2ccc(Cl)cc2)CC1. The van der Waals surface area contributed by atoms with Gasteiger partial charge in [-0.2, -0.15) is 0 Å². The van der Waals surface area contributed by atoms with Crippen LogP contribution in [0.4, 0.5) is 5.69 Å². The van der Waals surface area contributed by atoms with E-state index in [9.17, 15) is 4.79 Å². The summed E-state index contributed by atoms with van der Waals surface area (Å²) >= 11 is 5.95. The number of halogens is 1. The van der Waals surface area contributed by atoms with Crippen LogP contribution in [0.25, 0.3) is 0 Å². The van der Waals surface area contributed by atoms with Crippen molar-refractivity contribution in [1.82, 2.24) is 9.88 Å². The highest BCUT2D eigenvalue weighted by atomic mass is 35.5. The van der Waals surface area contributed by atoms with Gasteiger partial charge in [0, 0.05) is 55.6 Å². The Balaban J connectivity index is 1.32. The molecule has 2 aliphatic heterocycles. The number of anilines is 1. The first kappa shape index (κ1) is 18.1. The van der Waals surface area contributed by atoms with Gasteiger partial charge < -0.3 is 19.3 Å². The van der Waals surface area contributed by atoms with E-state index in [0.29, 0.717) is 31.1 Å². The molecule has 1 aromatic carbocycles. The highest BCUT2D eigenvalue weighted by Gasteiger charge is 2.23. The molecule has 2 saturated heterocycles. The standard InChI is InChI=1S/C20H22ClN3O3/c21-16-2-4-17(5-3-16)23-8-10-24(11-9-23)20(25)15-1-6-19(22-13-15)27-18-7-12-26-14-18/h1-6,13,18H,7-12,14H2. The van der Waals surface area contributed by atoms with Crippen LogP contribution in [0.3, 0.4) is 0 Å². The van der Waals surface area contributed by atoms with Crippen LogP contribution in [0.2, 0.25) is 5.02 Å². The van der Waals surface area contributed by atoms with Gasteiger partial charge in [-0.25, -0.2) is 4.98 Å². The molecule has 0 N–H and O–H groups in total. The molecule has 0 bridgehead atoms. The van der Waals surface area contributed by atoms with E-state index >= 15 is 0 Å². The number of ether oxygens (including phenoxy) is 2. The van der Waals surface area contributed by atoms with Crippen LogP contribution >= 0.6 is 11.6 Å². The summed E-state index contributed by atoms with van der Waals surface area (Å²) in [6, 6.07) is 11.3. The molecule has 0 aliphatic carbocycles. The number of piperazine rings is 1. The number of benzene rings is 1. The van der Waals surface area contributed by atoms with Gasteiger partial charge in [0.1, 0.15) is 6.10 Å². The highest BCUT2D eigenvalue weighted by Crippen LogP contribution is 2.20. The van der Waals surface area contributed by atoms with E-state index < -0.39 is 0 Å². The number of aromatic nitrogens is 1.